The van der Waals surface area contributed by atoms with Crippen LogP contribution < -0.4 is 15.8 Å². The molecule has 2 amide bonds. The summed E-state index contributed by atoms with van der Waals surface area (Å²) in [7, 11) is -3.43. The number of nitrogens with two attached hydrogens (primary N) is 1. The third-order valence-corrected chi connectivity index (χ3v) is 2.01. The molecular formula is C9H15N3O4S. The summed E-state index contributed by atoms with van der Waals surface area (Å²) in [5.41, 5.74) is 4.92. The van der Waals surface area contributed by atoms with Gasteiger partial charge in [0.25, 0.3) is 5.91 Å². The highest BCUT2D eigenvalue weighted by Crippen LogP contribution is 1.96. The normalized spacial score (nSPS) is 12.5. The Morgan fingerprint density at radius 2 is 1.94 bits per heavy atom. The lowest BCUT2D eigenvalue weighted by Crippen LogP contribution is -2.34. The van der Waals surface area contributed by atoms with Crippen LogP contribution in [0.1, 0.15) is 6.92 Å². The lowest BCUT2D eigenvalue weighted by molar-refractivity contribution is -0.122. The smallest absolute Gasteiger partial charge is 0.253 e. The topological polar surface area (TPSA) is 118 Å². The second-order valence-electron chi connectivity index (χ2n) is 3.14. The average molecular weight is 261 g/mol. The van der Waals surface area contributed by atoms with Gasteiger partial charge in [0.05, 0.1) is 18.4 Å². The predicted molar refractivity (Wildman–Crippen MR) is 63.1 cm³/mol. The van der Waals surface area contributed by atoms with Crippen molar-refractivity contribution in [2.24, 2.45) is 5.73 Å². The van der Waals surface area contributed by atoms with Gasteiger partial charge in [0, 0.05) is 6.20 Å². The molecule has 0 heterocycles. The minimum absolute atomic E-state index is 0.0687. The maximum Gasteiger partial charge on any atom is 0.253 e. The fraction of sp³-hybridized carbons (Fsp3) is 0.333. The van der Waals surface area contributed by atoms with Crippen LogP contribution in [0.4, 0.5) is 0 Å². The highest BCUT2D eigenvalue weighted by Gasteiger charge is 2.08. The molecule has 0 atom stereocenters. The van der Waals surface area contributed by atoms with Gasteiger partial charge >= 0.3 is 0 Å². The zero-order valence-corrected chi connectivity index (χ0v) is 10.4. The Morgan fingerprint density at radius 1 is 1.35 bits per heavy atom. The summed E-state index contributed by atoms with van der Waals surface area (Å²) >= 11 is 0. The standard InChI is InChI=1S/C9H15N3O4S/c1-3-4-7(5-12-17(2,15)16)9(14)11-6-8(10)13/h3-5,12H,6H2,1-2H3,(H2,10,13)(H,11,14)/b4-3-,7-5+. The lowest BCUT2D eigenvalue weighted by atomic mass is 10.2. The molecule has 96 valence electrons. The van der Waals surface area contributed by atoms with E-state index < -0.39 is 21.8 Å². The van der Waals surface area contributed by atoms with E-state index in [1.165, 1.54) is 6.08 Å². The Morgan fingerprint density at radius 3 is 2.35 bits per heavy atom. The maximum absolute atomic E-state index is 11.5. The van der Waals surface area contributed by atoms with Crippen molar-refractivity contribution in [1.82, 2.24) is 10.0 Å². The van der Waals surface area contributed by atoms with Gasteiger partial charge in [-0.15, -0.1) is 0 Å². The molecule has 0 aromatic rings. The van der Waals surface area contributed by atoms with Gasteiger partial charge in [-0.05, 0) is 6.92 Å². The van der Waals surface area contributed by atoms with Crippen molar-refractivity contribution in [2.75, 3.05) is 12.8 Å². The predicted octanol–water partition coefficient (Wildman–Crippen LogP) is -1.40. The lowest BCUT2D eigenvalue weighted by Gasteiger charge is -2.04. The molecule has 0 aromatic carbocycles. The summed E-state index contributed by atoms with van der Waals surface area (Å²) in [5.74, 6) is -1.28. The molecular weight excluding hydrogens is 246 g/mol. The molecule has 0 saturated heterocycles. The monoisotopic (exact) mass is 261 g/mol. The second-order valence-corrected chi connectivity index (χ2v) is 4.92. The first-order valence-corrected chi connectivity index (χ1v) is 6.52. The minimum Gasteiger partial charge on any atom is -0.368 e. The van der Waals surface area contributed by atoms with E-state index in [1.807, 2.05) is 0 Å². The quantitative estimate of drug-likeness (QED) is 0.402. The van der Waals surface area contributed by atoms with Gasteiger partial charge in [0.15, 0.2) is 0 Å². The van der Waals surface area contributed by atoms with Crippen LogP contribution in [0.5, 0.6) is 0 Å². The summed E-state index contributed by atoms with van der Waals surface area (Å²) in [6.45, 7) is 1.35. The molecule has 0 fully saturated rings. The number of carbonyl (C=O) groups is 2. The highest BCUT2D eigenvalue weighted by atomic mass is 32.2. The molecule has 0 unspecified atom stereocenters. The molecule has 0 spiro atoms. The molecule has 0 saturated carbocycles. The summed E-state index contributed by atoms with van der Waals surface area (Å²) in [4.78, 5) is 21.9. The van der Waals surface area contributed by atoms with E-state index in [-0.39, 0.29) is 12.1 Å². The van der Waals surface area contributed by atoms with Gasteiger partial charge in [-0.2, -0.15) is 0 Å². The Kier molecular flexibility index (Phi) is 5.97. The number of hydrogen-bond acceptors (Lipinski definition) is 4. The maximum atomic E-state index is 11.5. The number of hydrogen-bond donors (Lipinski definition) is 3. The third-order valence-electron chi connectivity index (χ3n) is 1.46. The molecule has 0 bridgehead atoms. The zero-order valence-electron chi connectivity index (χ0n) is 9.56. The van der Waals surface area contributed by atoms with E-state index in [1.54, 1.807) is 13.0 Å². The molecule has 0 rings (SSSR count). The second kappa shape index (κ2) is 6.69. The molecule has 17 heavy (non-hydrogen) atoms. The van der Waals surface area contributed by atoms with E-state index in [9.17, 15) is 18.0 Å². The van der Waals surface area contributed by atoms with Crippen LogP contribution in [0.2, 0.25) is 0 Å². The minimum atomic E-state index is -3.43. The largest absolute Gasteiger partial charge is 0.368 e. The van der Waals surface area contributed by atoms with Crippen molar-refractivity contribution in [1.29, 1.82) is 0 Å². The highest BCUT2D eigenvalue weighted by molar-refractivity contribution is 7.88. The molecule has 0 aliphatic rings. The van der Waals surface area contributed by atoms with E-state index in [0.717, 1.165) is 12.5 Å². The van der Waals surface area contributed by atoms with Crippen molar-refractivity contribution >= 4 is 21.8 Å². The van der Waals surface area contributed by atoms with Crippen LogP contribution in [0.15, 0.2) is 23.9 Å². The van der Waals surface area contributed by atoms with Crippen LogP contribution >= 0.6 is 0 Å². The van der Waals surface area contributed by atoms with Gasteiger partial charge < -0.3 is 11.1 Å². The van der Waals surface area contributed by atoms with E-state index in [2.05, 4.69) is 10.0 Å². The third kappa shape index (κ3) is 8.03. The van der Waals surface area contributed by atoms with Gasteiger partial charge in [-0.25, -0.2) is 8.42 Å². The molecule has 7 nitrogen and oxygen atoms in total. The van der Waals surface area contributed by atoms with Crippen LogP contribution in [0.25, 0.3) is 0 Å². The van der Waals surface area contributed by atoms with E-state index in [0.29, 0.717) is 0 Å². The molecule has 0 aliphatic heterocycles. The molecule has 8 heteroatoms. The number of amides is 2. The Balaban J connectivity index is 4.73. The Labute approximate surface area is 99.8 Å². The van der Waals surface area contributed by atoms with Gasteiger partial charge in [-0.1, -0.05) is 12.2 Å². The van der Waals surface area contributed by atoms with Gasteiger partial charge in [0.2, 0.25) is 15.9 Å². The van der Waals surface area contributed by atoms with E-state index >= 15 is 0 Å². The van der Waals surface area contributed by atoms with Crippen molar-refractivity contribution in [3.05, 3.63) is 23.9 Å². The fourth-order valence-electron chi connectivity index (χ4n) is 0.809. The number of carbonyl (C=O) groups excluding carboxylic acids is 2. The van der Waals surface area contributed by atoms with Crippen molar-refractivity contribution in [3.63, 3.8) is 0 Å². The first-order valence-electron chi connectivity index (χ1n) is 4.63. The Hall–Kier alpha value is -1.83. The number of primary amides is 1. The van der Waals surface area contributed by atoms with Crippen molar-refractivity contribution < 1.29 is 18.0 Å². The number of rotatable bonds is 6. The van der Waals surface area contributed by atoms with Crippen molar-refractivity contribution in [2.45, 2.75) is 6.92 Å². The average Bonchev–Trinajstić information content (AvgIpc) is 2.19. The van der Waals surface area contributed by atoms with E-state index in [4.69, 9.17) is 5.73 Å². The fourth-order valence-corrected chi connectivity index (χ4v) is 1.15. The molecule has 0 aliphatic carbocycles. The summed E-state index contributed by atoms with van der Waals surface area (Å²) in [6, 6.07) is 0. The number of sulfonamides is 1. The van der Waals surface area contributed by atoms with Gasteiger partial charge in [0.1, 0.15) is 0 Å². The summed E-state index contributed by atoms with van der Waals surface area (Å²) < 4.78 is 23.7. The first-order chi connectivity index (χ1) is 7.76. The number of nitrogens with one attached hydrogen (secondary N) is 2. The SMILES string of the molecule is C/C=C\C(=C/NS(C)(=O)=O)C(=O)NCC(N)=O. The Bertz CT molecular complexity index is 451. The van der Waals surface area contributed by atoms with Crippen LogP contribution in [0, 0.1) is 0 Å². The summed E-state index contributed by atoms with van der Waals surface area (Å²) in [6.07, 6.45) is 4.94. The summed E-state index contributed by atoms with van der Waals surface area (Å²) in [5, 5.41) is 2.24. The van der Waals surface area contributed by atoms with Crippen LogP contribution in [0.3, 0.4) is 0 Å². The van der Waals surface area contributed by atoms with Crippen LogP contribution in [-0.4, -0.2) is 33.0 Å². The molecule has 0 aromatic heterocycles. The molecule has 0 radical (unpaired) electrons. The number of allylic oxidation sites excluding steroid dienone is 1. The zero-order chi connectivity index (χ0) is 13.5. The van der Waals surface area contributed by atoms with Crippen LogP contribution in [-0.2, 0) is 19.6 Å². The first kappa shape index (κ1) is 15.2. The van der Waals surface area contributed by atoms with Gasteiger partial charge in [-0.3, -0.25) is 14.3 Å². The van der Waals surface area contributed by atoms with Crippen molar-refractivity contribution in [3.8, 4) is 0 Å². The molecule has 4 N–H and O–H groups in total.